The smallest absolute Gasteiger partial charge is 0.193 e. The van der Waals surface area contributed by atoms with Crippen molar-refractivity contribution in [2.45, 2.75) is 13.0 Å². The molecule has 0 bridgehead atoms. The van der Waals surface area contributed by atoms with Crippen LogP contribution in [0.5, 0.6) is 0 Å². The van der Waals surface area contributed by atoms with Crippen molar-refractivity contribution in [3.63, 3.8) is 0 Å². The number of nitrogens with zero attached hydrogens (tertiary/aromatic N) is 4. The van der Waals surface area contributed by atoms with E-state index in [9.17, 15) is 0 Å². The molecule has 0 atom stereocenters. The Hall–Kier alpha value is -2.01. The highest BCUT2D eigenvalue weighted by Crippen LogP contribution is 2.23. The predicted molar refractivity (Wildman–Crippen MR) is 85.0 cm³/mol. The normalized spacial score (nSPS) is 15.0. The third kappa shape index (κ3) is 3.03. The lowest BCUT2D eigenvalue weighted by atomic mass is 10.1. The zero-order valence-electron chi connectivity index (χ0n) is 12.0. The Kier molecular flexibility index (Phi) is 4.10. The lowest BCUT2D eigenvalue weighted by Crippen LogP contribution is -2.41. The summed E-state index contributed by atoms with van der Waals surface area (Å²) in [5.74, 6) is 0.928. The van der Waals surface area contributed by atoms with Gasteiger partial charge in [0, 0.05) is 49.7 Å². The lowest BCUT2D eigenvalue weighted by Gasteiger charge is -2.26. The number of imidazole rings is 1. The Labute approximate surface area is 129 Å². The molecule has 110 valence electrons. The van der Waals surface area contributed by atoms with Gasteiger partial charge >= 0.3 is 0 Å². The summed E-state index contributed by atoms with van der Waals surface area (Å²) < 4.78 is 1.97. The van der Waals surface area contributed by atoms with Crippen LogP contribution in [0.25, 0.3) is 5.69 Å². The molecular weight excluding hydrogens is 286 g/mol. The fourth-order valence-corrected chi connectivity index (χ4v) is 2.68. The van der Waals surface area contributed by atoms with E-state index < -0.39 is 0 Å². The number of hydrogen-bond donors (Lipinski definition) is 1. The third-order valence-electron chi connectivity index (χ3n) is 3.57. The van der Waals surface area contributed by atoms with Crippen LogP contribution < -0.4 is 5.32 Å². The zero-order chi connectivity index (χ0) is 14.7. The van der Waals surface area contributed by atoms with Gasteiger partial charge in [-0.3, -0.25) is 4.99 Å². The molecule has 1 N–H and O–H groups in total. The number of hydrogen-bond acceptors (Lipinski definition) is 4. The molecule has 5 nitrogen and oxygen atoms in total. The van der Waals surface area contributed by atoms with Crippen molar-refractivity contribution in [2.75, 3.05) is 20.1 Å². The molecule has 1 aromatic carbocycles. The second-order valence-corrected chi connectivity index (χ2v) is 5.45. The molecule has 21 heavy (non-hydrogen) atoms. The second kappa shape index (κ2) is 6.18. The largest absolute Gasteiger partial charge is 0.352 e. The van der Waals surface area contributed by atoms with Crippen molar-refractivity contribution in [3.05, 3.63) is 47.5 Å². The molecule has 0 saturated carbocycles. The van der Waals surface area contributed by atoms with Gasteiger partial charge < -0.3 is 14.8 Å². The molecule has 0 saturated heterocycles. The Morgan fingerprint density at radius 1 is 1.38 bits per heavy atom. The van der Waals surface area contributed by atoms with E-state index in [0.29, 0.717) is 6.54 Å². The molecule has 1 aliphatic rings. The van der Waals surface area contributed by atoms with E-state index in [-0.39, 0.29) is 0 Å². The highest BCUT2D eigenvalue weighted by molar-refractivity contribution is 6.31. The summed E-state index contributed by atoms with van der Waals surface area (Å²) in [6.07, 6.45) is 6.56. The van der Waals surface area contributed by atoms with Crippen molar-refractivity contribution >= 4 is 17.6 Å². The monoisotopic (exact) mass is 303 g/mol. The molecule has 6 heteroatoms. The molecule has 0 fully saturated rings. The molecule has 1 aliphatic heterocycles. The van der Waals surface area contributed by atoms with Crippen LogP contribution in [0, 0.1) is 0 Å². The maximum atomic E-state index is 6.37. The first-order valence-electron chi connectivity index (χ1n) is 7.01. The minimum Gasteiger partial charge on any atom is -0.352 e. The molecule has 2 aromatic rings. The van der Waals surface area contributed by atoms with Crippen LogP contribution in [0.3, 0.4) is 0 Å². The molecule has 2 heterocycles. The van der Waals surface area contributed by atoms with Crippen molar-refractivity contribution in [2.24, 2.45) is 4.99 Å². The van der Waals surface area contributed by atoms with Crippen LogP contribution in [0.2, 0.25) is 5.02 Å². The van der Waals surface area contributed by atoms with Crippen LogP contribution in [0.4, 0.5) is 0 Å². The minimum absolute atomic E-state index is 0.635. The van der Waals surface area contributed by atoms with Gasteiger partial charge in [-0.05, 0) is 18.6 Å². The summed E-state index contributed by atoms with van der Waals surface area (Å²) >= 11 is 6.37. The van der Waals surface area contributed by atoms with Crippen molar-refractivity contribution in [1.82, 2.24) is 19.8 Å². The van der Waals surface area contributed by atoms with E-state index in [2.05, 4.69) is 20.2 Å². The standard InChI is InChI=1S/C15H18ClN5/c1-20-8-3-6-18-15(20)19-10-12-13(16)4-2-5-14(12)21-9-7-17-11-21/h2,4-5,7,9,11H,3,6,8,10H2,1H3,(H,18,19). The number of halogens is 1. The third-order valence-corrected chi connectivity index (χ3v) is 3.93. The number of guanidine groups is 1. The molecule has 0 radical (unpaired) electrons. The van der Waals surface area contributed by atoms with E-state index in [1.54, 1.807) is 12.5 Å². The SMILES string of the molecule is CN1CCCN=C1NCc1c(Cl)cccc1-n1ccnc1. The maximum Gasteiger partial charge on any atom is 0.193 e. The summed E-state index contributed by atoms with van der Waals surface area (Å²) in [7, 11) is 2.05. The summed E-state index contributed by atoms with van der Waals surface area (Å²) in [5.41, 5.74) is 2.07. The predicted octanol–water partition coefficient (Wildman–Crippen LogP) is 2.31. The fraction of sp³-hybridized carbons (Fsp3) is 0.333. The quantitative estimate of drug-likeness (QED) is 0.946. The number of aromatic nitrogens is 2. The summed E-state index contributed by atoms with van der Waals surface area (Å²) in [6.45, 7) is 2.54. The zero-order valence-corrected chi connectivity index (χ0v) is 12.7. The van der Waals surface area contributed by atoms with Crippen LogP contribution >= 0.6 is 11.6 Å². The van der Waals surface area contributed by atoms with Gasteiger partial charge in [0.15, 0.2) is 5.96 Å². The first-order chi connectivity index (χ1) is 10.3. The Morgan fingerprint density at radius 3 is 3.05 bits per heavy atom. The molecule has 0 aliphatic carbocycles. The Morgan fingerprint density at radius 2 is 2.29 bits per heavy atom. The van der Waals surface area contributed by atoms with Crippen LogP contribution in [0.1, 0.15) is 12.0 Å². The molecular formula is C15H18ClN5. The highest BCUT2D eigenvalue weighted by Gasteiger charge is 2.13. The van der Waals surface area contributed by atoms with Gasteiger partial charge in [-0.1, -0.05) is 17.7 Å². The van der Waals surface area contributed by atoms with Crippen molar-refractivity contribution < 1.29 is 0 Å². The molecule has 0 amide bonds. The number of benzene rings is 1. The average molecular weight is 304 g/mol. The van der Waals surface area contributed by atoms with E-state index in [1.807, 2.05) is 36.0 Å². The summed E-state index contributed by atoms with van der Waals surface area (Å²) in [6, 6.07) is 5.90. The lowest BCUT2D eigenvalue weighted by molar-refractivity contribution is 0.446. The van der Waals surface area contributed by atoms with E-state index in [4.69, 9.17) is 11.6 Å². The van der Waals surface area contributed by atoms with Gasteiger partial charge in [0.1, 0.15) is 0 Å². The Bertz CT molecular complexity index is 636. The number of nitrogens with one attached hydrogen (secondary N) is 1. The van der Waals surface area contributed by atoms with Gasteiger partial charge in [-0.25, -0.2) is 4.98 Å². The topological polar surface area (TPSA) is 45.5 Å². The van der Waals surface area contributed by atoms with E-state index >= 15 is 0 Å². The van der Waals surface area contributed by atoms with Crippen LogP contribution in [-0.2, 0) is 6.54 Å². The first kappa shape index (κ1) is 13.9. The van der Waals surface area contributed by atoms with Crippen molar-refractivity contribution in [1.29, 1.82) is 0 Å². The van der Waals surface area contributed by atoms with Gasteiger partial charge in [-0.15, -0.1) is 0 Å². The summed E-state index contributed by atoms with van der Waals surface area (Å²) in [4.78, 5) is 10.8. The Balaban J connectivity index is 1.83. The van der Waals surface area contributed by atoms with Gasteiger partial charge in [0.25, 0.3) is 0 Å². The average Bonchev–Trinajstić information content (AvgIpc) is 3.01. The molecule has 0 spiro atoms. The highest BCUT2D eigenvalue weighted by atomic mass is 35.5. The van der Waals surface area contributed by atoms with Gasteiger partial charge in [-0.2, -0.15) is 0 Å². The van der Waals surface area contributed by atoms with Gasteiger partial charge in [0.2, 0.25) is 0 Å². The van der Waals surface area contributed by atoms with E-state index in [0.717, 1.165) is 41.7 Å². The van der Waals surface area contributed by atoms with Crippen LogP contribution in [-0.4, -0.2) is 40.5 Å². The first-order valence-corrected chi connectivity index (χ1v) is 7.38. The minimum atomic E-state index is 0.635. The van der Waals surface area contributed by atoms with Crippen LogP contribution in [0.15, 0.2) is 41.9 Å². The summed E-state index contributed by atoms with van der Waals surface area (Å²) in [5, 5.41) is 4.13. The molecule has 0 unspecified atom stereocenters. The van der Waals surface area contributed by atoms with E-state index in [1.165, 1.54) is 0 Å². The second-order valence-electron chi connectivity index (χ2n) is 5.04. The molecule has 1 aromatic heterocycles. The number of rotatable bonds is 3. The molecule has 3 rings (SSSR count). The number of aliphatic imine (C=N–C) groups is 1. The van der Waals surface area contributed by atoms with Gasteiger partial charge in [0.05, 0.1) is 12.0 Å². The maximum absolute atomic E-state index is 6.37. The van der Waals surface area contributed by atoms with Crippen molar-refractivity contribution in [3.8, 4) is 5.69 Å². The fourth-order valence-electron chi connectivity index (χ4n) is 2.44.